The first-order chi connectivity index (χ1) is 10.3. The lowest BCUT2D eigenvalue weighted by Crippen LogP contribution is -2.49. The Kier molecular flexibility index (Phi) is 4.55. The molecule has 1 aromatic rings. The Morgan fingerprint density at radius 1 is 1.19 bits per heavy atom. The number of amides is 1. The number of hydrogen-bond acceptors (Lipinski definition) is 3. The summed E-state index contributed by atoms with van der Waals surface area (Å²) in [6, 6.07) is 8.25. The molecule has 0 saturated heterocycles. The van der Waals surface area contributed by atoms with Gasteiger partial charge >= 0.3 is 0 Å². The lowest BCUT2D eigenvalue weighted by molar-refractivity contribution is -0.128. The van der Waals surface area contributed by atoms with E-state index in [1.165, 1.54) is 17.7 Å². The maximum Gasteiger partial charge on any atom is 0.234 e. The number of carbonyl (C=O) groups is 1. The van der Waals surface area contributed by atoms with Crippen molar-refractivity contribution in [3.05, 3.63) is 24.3 Å². The summed E-state index contributed by atoms with van der Waals surface area (Å²) in [5.41, 5.74) is 6.83. The lowest BCUT2D eigenvalue weighted by Gasteiger charge is -2.38. The van der Waals surface area contributed by atoms with Gasteiger partial charge in [-0.3, -0.25) is 4.79 Å². The van der Waals surface area contributed by atoms with Crippen LogP contribution in [0, 0.1) is 5.41 Å². The fourth-order valence-corrected chi connectivity index (χ4v) is 4.57. The van der Waals surface area contributed by atoms with Gasteiger partial charge in [-0.1, -0.05) is 37.8 Å². The molecule has 2 aliphatic rings. The van der Waals surface area contributed by atoms with E-state index in [4.69, 9.17) is 5.73 Å². The van der Waals surface area contributed by atoms with Gasteiger partial charge in [-0.15, -0.1) is 11.8 Å². The second-order valence-corrected chi connectivity index (χ2v) is 7.31. The van der Waals surface area contributed by atoms with Crippen molar-refractivity contribution in [1.29, 1.82) is 0 Å². The molecule has 0 atom stereocenters. The molecule has 1 aliphatic carbocycles. The molecule has 1 saturated carbocycles. The van der Waals surface area contributed by atoms with E-state index in [0.717, 1.165) is 43.7 Å². The van der Waals surface area contributed by atoms with E-state index in [-0.39, 0.29) is 11.3 Å². The summed E-state index contributed by atoms with van der Waals surface area (Å²) in [5, 5.41) is 0. The van der Waals surface area contributed by atoms with Crippen molar-refractivity contribution < 1.29 is 4.79 Å². The number of benzene rings is 1. The van der Waals surface area contributed by atoms with Gasteiger partial charge in [0.25, 0.3) is 0 Å². The molecule has 114 valence electrons. The summed E-state index contributed by atoms with van der Waals surface area (Å²) in [6.07, 6.45) is 6.64. The molecule has 0 aromatic heterocycles. The smallest absolute Gasteiger partial charge is 0.234 e. The predicted molar refractivity (Wildman–Crippen MR) is 88.7 cm³/mol. The van der Waals surface area contributed by atoms with E-state index in [1.807, 2.05) is 28.8 Å². The molecule has 21 heavy (non-hydrogen) atoms. The highest BCUT2D eigenvalue weighted by atomic mass is 32.2. The van der Waals surface area contributed by atoms with Gasteiger partial charge in [0.1, 0.15) is 0 Å². The van der Waals surface area contributed by atoms with E-state index >= 15 is 0 Å². The Balaban J connectivity index is 1.90. The van der Waals surface area contributed by atoms with Crippen molar-refractivity contribution in [2.75, 3.05) is 23.7 Å². The molecule has 1 amide bonds. The SMILES string of the molecule is NCC1(C(=O)N2CCSc3ccccc32)CCCCCC1. The second kappa shape index (κ2) is 6.41. The third-order valence-corrected chi connectivity index (χ3v) is 5.92. The maximum atomic E-state index is 13.3. The summed E-state index contributed by atoms with van der Waals surface area (Å²) in [7, 11) is 0. The Hall–Kier alpha value is -1.00. The molecule has 4 heteroatoms. The Morgan fingerprint density at radius 3 is 2.62 bits per heavy atom. The third kappa shape index (κ3) is 2.84. The number of rotatable bonds is 2. The van der Waals surface area contributed by atoms with Gasteiger partial charge in [0.05, 0.1) is 11.1 Å². The van der Waals surface area contributed by atoms with Gasteiger partial charge in [-0.2, -0.15) is 0 Å². The molecule has 0 radical (unpaired) electrons. The summed E-state index contributed by atoms with van der Waals surface area (Å²) >= 11 is 1.84. The normalized spacial score (nSPS) is 21.5. The van der Waals surface area contributed by atoms with E-state index in [0.29, 0.717) is 6.54 Å². The number of hydrogen-bond donors (Lipinski definition) is 1. The average Bonchev–Trinajstić information content (AvgIpc) is 2.80. The molecule has 1 aliphatic heterocycles. The molecule has 1 fully saturated rings. The van der Waals surface area contributed by atoms with Gasteiger partial charge in [0.2, 0.25) is 5.91 Å². The number of anilines is 1. The van der Waals surface area contributed by atoms with Crippen molar-refractivity contribution in [2.45, 2.75) is 43.4 Å². The van der Waals surface area contributed by atoms with Crippen LogP contribution in [0.2, 0.25) is 0 Å². The first-order valence-electron chi connectivity index (χ1n) is 8.01. The van der Waals surface area contributed by atoms with Gasteiger partial charge in [0, 0.05) is 23.7 Å². The Morgan fingerprint density at radius 2 is 1.90 bits per heavy atom. The van der Waals surface area contributed by atoms with Crippen LogP contribution in [-0.4, -0.2) is 24.7 Å². The van der Waals surface area contributed by atoms with Crippen molar-refractivity contribution in [1.82, 2.24) is 0 Å². The summed E-state index contributed by atoms with van der Waals surface area (Å²) in [5.74, 6) is 1.24. The molecule has 1 heterocycles. The number of fused-ring (bicyclic) bond motifs is 1. The van der Waals surface area contributed by atoms with Crippen LogP contribution in [0.5, 0.6) is 0 Å². The summed E-state index contributed by atoms with van der Waals surface area (Å²) in [4.78, 5) is 16.5. The van der Waals surface area contributed by atoms with Crippen LogP contribution in [0.25, 0.3) is 0 Å². The van der Waals surface area contributed by atoms with Crippen LogP contribution in [0.1, 0.15) is 38.5 Å². The number of nitrogens with two attached hydrogens (primary N) is 1. The molecule has 2 N–H and O–H groups in total. The molecule has 0 unspecified atom stereocenters. The summed E-state index contributed by atoms with van der Waals surface area (Å²) in [6.45, 7) is 1.29. The minimum atomic E-state index is -0.328. The molecule has 0 spiro atoms. The second-order valence-electron chi connectivity index (χ2n) is 6.17. The molecule has 0 bridgehead atoms. The van der Waals surface area contributed by atoms with Crippen molar-refractivity contribution in [3.63, 3.8) is 0 Å². The quantitative estimate of drug-likeness (QED) is 0.852. The van der Waals surface area contributed by atoms with Gasteiger partial charge in [-0.05, 0) is 25.0 Å². The zero-order chi connectivity index (χ0) is 14.7. The topological polar surface area (TPSA) is 46.3 Å². The van der Waals surface area contributed by atoms with Crippen LogP contribution in [0.3, 0.4) is 0 Å². The third-order valence-electron chi connectivity index (χ3n) is 4.88. The highest BCUT2D eigenvalue weighted by Gasteiger charge is 2.41. The van der Waals surface area contributed by atoms with Crippen molar-refractivity contribution >= 4 is 23.4 Å². The van der Waals surface area contributed by atoms with Crippen LogP contribution in [0.15, 0.2) is 29.2 Å². The highest BCUT2D eigenvalue weighted by molar-refractivity contribution is 7.99. The van der Waals surface area contributed by atoms with E-state index in [9.17, 15) is 4.79 Å². The summed E-state index contributed by atoms with van der Waals surface area (Å²) < 4.78 is 0. The van der Waals surface area contributed by atoms with Crippen LogP contribution in [0.4, 0.5) is 5.69 Å². The number of para-hydroxylation sites is 1. The first kappa shape index (κ1) is 14.9. The molecule has 1 aromatic carbocycles. The predicted octanol–water partition coefficient (Wildman–Crippen LogP) is 3.42. The largest absolute Gasteiger partial charge is 0.329 e. The van der Waals surface area contributed by atoms with Gasteiger partial charge < -0.3 is 10.6 Å². The van der Waals surface area contributed by atoms with Crippen molar-refractivity contribution in [2.24, 2.45) is 11.1 Å². The average molecular weight is 304 g/mol. The monoisotopic (exact) mass is 304 g/mol. The number of nitrogens with zero attached hydrogens (tertiary/aromatic N) is 1. The van der Waals surface area contributed by atoms with Crippen LogP contribution < -0.4 is 10.6 Å². The van der Waals surface area contributed by atoms with Crippen molar-refractivity contribution in [3.8, 4) is 0 Å². The zero-order valence-corrected chi connectivity index (χ0v) is 13.3. The molecule has 3 nitrogen and oxygen atoms in total. The molecular formula is C17H24N2OS. The van der Waals surface area contributed by atoms with E-state index < -0.39 is 0 Å². The first-order valence-corrected chi connectivity index (χ1v) is 8.99. The Bertz CT molecular complexity index is 509. The van der Waals surface area contributed by atoms with Crippen LogP contribution >= 0.6 is 11.8 Å². The number of carbonyl (C=O) groups excluding carboxylic acids is 1. The van der Waals surface area contributed by atoms with Gasteiger partial charge in [0.15, 0.2) is 0 Å². The van der Waals surface area contributed by atoms with E-state index in [1.54, 1.807) is 0 Å². The Labute approximate surface area is 131 Å². The maximum absolute atomic E-state index is 13.3. The van der Waals surface area contributed by atoms with Crippen LogP contribution in [-0.2, 0) is 4.79 Å². The highest BCUT2D eigenvalue weighted by Crippen LogP contribution is 2.41. The lowest BCUT2D eigenvalue weighted by atomic mass is 9.79. The standard InChI is InChI=1S/C17H24N2OS/c18-13-17(9-5-1-2-6-10-17)16(20)19-11-12-21-15-8-4-3-7-14(15)19/h3-4,7-8H,1-2,5-6,9-13,18H2. The fraction of sp³-hybridized carbons (Fsp3) is 0.588. The minimum Gasteiger partial charge on any atom is -0.329 e. The fourth-order valence-electron chi connectivity index (χ4n) is 3.58. The van der Waals surface area contributed by atoms with Gasteiger partial charge in [-0.25, -0.2) is 0 Å². The molecule has 3 rings (SSSR count). The molecular weight excluding hydrogens is 280 g/mol. The minimum absolute atomic E-state index is 0.264. The number of thioether (sulfide) groups is 1. The zero-order valence-electron chi connectivity index (χ0n) is 12.5. The van der Waals surface area contributed by atoms with E-state index in [2.05, 4.69) is 12.1 Å².